The van der Waals surface area contributed by atoms with E-state index in [1.165, 1.54) is 6.08 Å². The number of allylic oxidation sites excluding steroid dienone is 13. The van der Waals surface area contributed by atoms with Crippen LogP contribution >= 0.6 is 0 Å². The first kappa shape index (κ1) is 22.1. The normalized spacial score (nSPS) is 14.5. The van der Waals surface area contributed by atoms with Crippen LogP contribution in [0.25, 0.3) is 0 Å². The Morgan fingerprint density at radius 1 is 1.41 bits per heavy atom. The summed E-state index contributed by atoms with van der Waals surface area (Å²) in [5.74, 6) is 12.0. The lowest BCUT2D eigenvalue weighted by Gasteiger charge is -2.02. The van der Waals surface area contributed by atoms with Crippen molar-refractivity contribution in [3.63, 3.8) is 0 Å². The Morgan fingerprint density at radius 2 is 2.26 bits per heavy atom. The Kier molecular flexibility index (Phi) is 11.6. The molecule has 0 saturated heterocycles. The van der Waals surface area contributed by atoms with E-state index in [1.807, 2.05) is 55.5 Å². The summed E-state index contributed by atoms with van der Waals surface area (Å²) < 4.78 is 13.7. The first-order valence-electron chi connectivity index (χ1n) is 9.29. The predicted molar refractivity (Wildman–Crippen MR) is 115 cm³/mol. The third-order valence-electron chi connectivity index (χ3n) is 3.74. The predicted octanol–water partition coefficient (Wildman–Crippen LogP) is 7.08. The molecule has 27 heavy (non-hydrogen) atoms. The van der Waals surface area contributed by atoms with Crippen LogP contribution in [0.4, 0.5) is 4.39 Å². The number of unbranched alkanes of at least 4 members (excludes halogenated alkanes) is 1. The van der Waals surface area contributed by atoms with Crippen molar-refractivity contribution in [3.8, 4) is 23.7 Å². The van der Waals surface area contributed by atoms with Gasteiger partial charge in [0.1, 0.15) is 5.83 Å². The standard InChI is InChI=1S/C26H27F/c1-4-7-21-26(27)22-23(6-3)17-12-8-9-13-18-24(16-5-2)25-19-14-10-11-15-20-25/h6,9-10,13-14,16,18-19,22H,2,4,7-8,20-21H2,1,3H3/b13-9-,23-6-,24-18+,26-22+. The Balaban J connectivity index is 2.70. The van der Waals surface area contributed by atoms with Gasteiger partial charge >= 0.3 is 0 Å². The summed E-state index contributed by atoms with van der Waals surface area (Å²) in [5, 5.41) is 0. The molecule has 0 nitrogen and oxygen atoms in total. The molecular weight excluding hydrogens is 331 g/mol. The highest BCUT2D eigenvalue weighted by Crippen LogP contribution is 2.17. The second-order valence-corrected chi connectivity index (χ2v) is 5.89. The SMILES string of the molecule is C=C=C/C(=C\C=C/CC#CC(=C/C)/C=C(/F)CCCC)C1=CC=CC#CC1. The monoisotopic (exact) mass is 358 g/mol. The maximum Gasteiger partial charge on any atom is 0.101 e. The fourth-order valence-electron chi connectivity index (χ4n) is 2.26. The smallest absolute Gasteiger partial charge is 0.101 e. The Labute approximate surface area is 164 Å². The van der Waals surface area contributed by atoms with Crippen LogP contribution < -0.4 is 0 Å². The molecule has 0 aliphatic heterocycles. The first-order valence-corrected chi connectivity index (χ1v) is 9.29. The Morgan fingerprint density at radius 3 is 3.00 bits per heavy atom. The lowest BCUT2D eigenvalue weighted by Crippen LogP contribution is -1.85. The van der Waals surface area contributed by atoms with E-state index < -0.39 is 0 Å². The fourth-order valence-corrected chi connectivity index (χ4v) is 2.26. The van der Waals surface area contributed by atoms with Crippen LogP contribution in [0.15, 0.2) is 89.5 Å². The van der Waals surface area contributed by atoms with Gasteiger partial charge in [0.2, 0.25) is 0 Å². The van der Waals surface area contributed by atoms with Gasteiger partial charge < -0.3 is 0 Å². The molecule has 0 bridgehead atoms. The van der Waals surface area contributed by atoms with Crippen molar-refractivity contribution in [2.24, 2.45) is 0 Å². The third-order valence-corrected chi connectivity index (χ3v) is 3.74. The molecule has 0 N–H and O–H groups in total. The van der Waals surface area contributed by atoms with E-state index in [0.717, 1.165) is 29.6 Å². The molecule has 1 rings (SSSR count). The van der Waals surface area contributed by atoms with Crippen molar-refractivity contribution < 1.29 is 4.39 Å². The second-order valence-electron chi connectivity index (χ2n) is 5.89. The molecule has 1 aliphatic rings. The molecule has 138 valence electrons. The maximum absolute atomic E-state index is 13.7. The molecule has 0 aromatic rings. The number of rotatable bonds is 8. The number of halogens is 1. The molecule has 0 atom stereocenters. The van der Waals surface area contributed by atoms with Crippen LogP contribution in [0.2, 0.25) is 0 Å². The zero-order valence-electron chi connectivity index (χ0n) is 16.3. The summed E-state index contributed by atoms with van der Waals surface area (Å²) in [5.41, 5.74) is 5.71. The van der Waals surface area contributed by atoms with Crippen LogP contribution in [0, 0.1) is 23.7 Å². The van der Waals surface area contributed by atoms with Crippen molar-refractivity contribution in [1.82, 2.24) is 0 Å². The van der Waals surface area contributed by atoms with E-state index in [2.05, 4.69) is 42.9 Å². The molecule has 0 fully saturated rings. The minimum absolute atomic E-state index is 0.104. The highest BCUT2D eigenvalue weighted by Gasteiger charge is 2.00. The zero-order chi connectivity index (χ0) is 19.7. The maximum atomic E-state index is 13.7. The van der Waals surface area contributed by atoms with Crippen molar-refractivity contribution in [3.05, 3.63) is 89.5 Å². The average Bonchev–Trinajstić information content (AvgIpc) is 2.96. The molecule has 0 heterocycles. The van der Waals surface area contributed by atoms with Crippen molar-refractivity contribution in [2.75, 3.05) is 0 Å². The highest BCUT2D eigenvalue weighted by molar-refractivity contribution is 5.47. The van der Waals surface area contributed by atoms with E-state index in [1.54, 1.807) is 0 Å². The largest absolute Gasteiger partial charge is 0.212 e. The quantitative estimate of drug-likeness (QED) is 0.247. The minimum atomic E-state index is -0.104. The lowest BCUT2D eigenvalue weighted by molar-refractivity contribution is 0.569. The molecule has 0 unspecified atom stereocenters. The average molecular weight is 359 g/mol. The molecule has 0 aromatic carbocycles. The minimum Gasteiger partial charge on any atom is -0.212 e. The van der Waals surface area contributed by atoms with Gasteiger partial charge in [-0.1, -0.05) is 80.1 Å². The second kappa shape index (κ2) is 14.2. The summed E-state index contributed by atoms with van der Waals surface area (Å²) in [6.45, 7) is 7.58. The van der Waals surface area contributed by atoms with E-state index in [4.69, 9.17) is 0 Å². The molecule has 0 radical (unpaired) electrons. The Bertz CT molecular complexity index is 839. The van der Waals surface area contributed by atoms with Gasteiger partial charge in [0.05, 0.1) is 0 Å². The molecule has 1 heteroatoms. The van der Waals surface area contributed by atoms with Crippen LogP contribution in [-0.2, 0) is 0 Å². The summed E-state index contributed by atoms with van der Waals surface area (Å²) in [6, 6.07) is 0. The number of hydrogen-bond donors (Lipinski definition) is 0. The van der Waals surface area contributed by atoms with Gasteiger partial charge in [0.25, 0.3) is 0 Å². The fraction of sp³-hybridized carbons (Fsp3) is 0.269. The van der Waals surface area contributed by atoms with Crippen LogP contribution in [0.3, 0.4) is 0 Å². The van der Waals surface area contributed by atoms with Crippen LogP contribution in [-0.4, -0.2) is 0 Å². The van der Waals surface area contributed by atoms with E-state index in [-0.39, 0.29) is 5.83 Å². The van der Waals surface area contributed by atoms with Gasteiger partial charge in [-0.15, -0.1) is 5.73 Å². The van der Waals surface area contributed by atoms with E-state index in [0.29, 0.717) is 19.3 Å². The summed E-state index contributed by atoms with van der Waals surface area (Å²) >= 11 is 0. The first-order chi connectivity index (χ1) is 13.2. The van der Waals surface area contributed by atoms with Crippen LogP contribution in [0.5, 0.6) is 0 Å². The van der Waals surface area contributed by atoms with Crippen LogP contribution in [0.1, 0.15) is 46.0 Å². The molecule has 0 spiro atoms. The van der Waals surface area contributed by atoms with Gasteiger partial charge in [-0.25, -0.2) is 4.39 Å². The van der Waals surface area contributed by atoms with Gasteiger partial charge in [-0.2, -0.15) is 0 Å². The molecule has 0 aromatic heterocycles. The third kappa shape index (κ3) is 9.91. The van der Waals surface area contributed by atoms with E-state index >= 15 is 0 Å². The van der Waals surface area contributed by atoms with Gasteiger partial charge in [-0.05, 0) is 49.1 Å². The molecular formula is C26H27F. The summed E-state index contributed by atoms with van der Waals surface area (Å²) in [7, 11) is 0. The van der Waals surface area contributed by atoms with E-state index in [9.17, 15) is 4.39 Å². The Hall–Kier alpha value is -2.99. The van der Waals surface area contributed by atoms with Gasteiger partial charge in [0.15, 0.2) is 0 Å². The molecule has 1 aliphatic carbocycles. The molecule has 0 amide bonds. The van der Waals surface area contributed by atoms with Gasteiger partial charge in [-0.3, -0.25) is 0 Å². The zero-order valence-corrected chi connectivity index (χ0v) is 16.3. The van der Waals surface area contributed by atoms with Crippen molar-refractivity contribution in [2.45, 2.75) is 46.0 Å². The van der Waals surface area contributed by atoms with Crippen molar-refractivity contribution in [1.29, 1.82) is 0 Å². The lowest BCUT2D eigenvalue weighted by atomic mass is 10.0. The van der Waals surface area contributed by atoms with Crippen molar-refractivity contribution >= 4 is 0 Å². The number of hydrogen-bond acceptors (Lipinski definition) is 0. The molecule has 0 saturated carbocycles. The highest BCUT2D eigenvalue weighted by atomic mass is 19.1. The topological polar surface area (TPSA) is 0 Å². The summed E-state index contributed by atoms with van der Waals surface area (Å²) in [4.78, 5) is 0. The summed E-state index contributed by atoms with van der Waals surface area (Å²) in [6.07, 6.45) is 20.6. The van der Waals surface area contributed by atoms with Gasteiger partial charge in [0, 0.05) is 18.4 Å².